The predicted octanol–water partition coefficient (Wildman–Crippen LogP) is 19.8. The molecule has 70 heavy (non-hydrogen) atoms. The van der Waals surface area contributed by atoms with Crippen LogP contribution in [0.3, 0.4) is 0 Å². The molecule has 0 aliphatic carbocycles. The van der Waals surface area contributed by atoms with E-state index in [1.807, 2.05) is 6.08 Å². The van der Waals surface area contributed by atoms with Gasteiger partial charge in [-0.05, 0) is 57.8 Å². The Kier molecular flexibility index (Phi) is 58.5. The van der Waals surface area contributed by atoms with Crippen LogP contribution in [0.4, 0.5) is 0 Å². The summed E-state index contributed by atoms with van der Waals surface area (Å²) in [6.45, 7) is 4.92. The lowest BCUT2D eigenvalue weighted by Gasteiger charge is -2.20. The smallest absolute Gasteiger partial charge is 0.305 e. The van der Waals surface area contributed by atoms with Crippen LogP contribution >= 0.6 is 0 Å². The van der Waals surface area contributed by atoms with E-state index in [0.717, 1.165) is 44.9 Å². The minimum absolute atomic E-state index is 0.00760. The maximum absolute atomic E-state index is 12.5. The third-order valence-corrected chi connectivity index (χ3v) is 14.7. The highest BCUT2D eigenvalue weighted by Crippen LogP contribution is 2.17. The zero-order valence-electron chi connectivity index (χ0n) is 47.3. The molecule has 0 aromatic rings. The van der Waals surface area contributed by atoms with E-state index in [-0.39, 0.29) is 18.5 Å². The standard InChI is InChI=1S/C64H123NO5/c1-3-5-7-9-11-13-15-17-19-24-28-32-36-40-44-48-52-56-62(67)61(60-66)65-63(68)57-53-49-45-41-37-33-29-26-22-21-23-27-31-35-39-43-47-51-55-59-70-64(69)58-54-50-46-42-38-34-30-25-20-18-16-14-12-10-8-6-4-2/h21-22,52,56,61-62,66-67H,3-20,23-51,53-55,57-60H2,1-2H3,(H,65,68)/b22-21-,56-52+. The number of carbonyl (C=O) groups excluding carboxylic acids is 2. The molecule has 0 radical (unpaired) electrons. The van der Waals surface area contributed by atoms with Gasteiger partial charge < -0.3 is 20.3 Å². The predicted molar refractivity (Wildman–Crippen MR) is 306 cm³/mol. The highest BCUT2D eigenvalue weighted by molar-refractivity contribution is 5.76. The van der Waals surface area contributed by atoms with E-state index in [9.17, 15) is 19.8 Å². The van der Waals surface area contributed by atoms with Crippen LogP contribution in [-0.2, 0) is 14.3 Å². The number of nitrogens with one attached hydrogen (secondary N) is 1. The molecule has 2 unspecified atom stereocenters. The summed E-state index contributed by atoms with van der Waals surface area (Å²) in [5, 5.41) is 23.2. The number of ether oxygens (including phenoxy) is 1. The Morgan fingerprint density at radius 1 is 0.386 bits per heavy atom. The fraction of sp³-hybridized carbons (Fsp3) is 0.906. The molecular formula is C64H123NO5. The minimum atomic E-state index is -0.851. The Hall–Kier alpha value is -1.66. The van der Waals surface area contributed by atoms with Gasteiger partial charge in [-0.2, -0.15) is 0 Å². The molecule has 0 aliphatic heterocycles. The molecule has 0 saturated heterocycles. The summed E-state index contributed by atoms with van der Waals surface area (Å²) < 4.78 is 5.49. The van der Waals surface area contributed by atoms with Crippen LogP contribution < -0.4 is 5.32 Å². The van der Waals surface area contributed by atoms with Gasteiger partial charge in [0.05, 0.1) is 25.4 Å². The number of amides is 1. The molecule has 0 spiro atoms. The first-order valence-electron chi connectivity index (χ1n) is 31.6. The molecule has 0 aromatic carbocycles. The van der Waals surface area contributed by atoms with Crippen molar-refractivity contribution < 1.29 is 24.5 Å². The second-order valence-electron chi connectivity index (χ2n) is 21.7. The third-order valence-electron chi connectivity index (χ3n) is 14.7. The van der Waals surface area contributed by atoms with Crippen LogP contribution in [-0.4, -0.2) is 47.4 Å². The molecule has 3 N–H and O–H groups in total. The Balaban J connectivity index is 3.44. The molecule has 0 heterocycles. The zero-order valence-corrected chi connectivity index (χ0v) is 47.3. The summed E-state index contributed by atoms with van der Waals surface area (Å²) in [4.78, 5) is 24.6. The molecule has 0 fully saturated rings. The number of rotatable bonds is 59. The number of unbranched alkanes of at least 4 members (excludes halogenated alkanes) is 46. The summed E-state index contributed by atoms with van der Waals surface area (Å²) >= 11 is 0. The average molecular weight is 987 g/mol. The fourth-order valence-electron chi connectivity index (χ4n) is 9.87. The number of aliphatic hydroxyl groups is 2. The Labute approximate surface area is 437 Å². The summed E-state index contributed by atoms with van der Waals surface area (Å²) in [6.07, 6.45) is 73.6. The lowest BCUT2D eigenvalue weighted by atomic mass is 10.0. The van der Waals surface area contributed by atoms with Gasteiger partial charge in [0.15, 0.2) is 0 Å². The van der Waals surface area contributed by atoms with Gasteiger partial charge in [0.1, 0.15) is 0 Å². The summed E-state index contributed by atoms with van der Waals surface area (Å²) in [5.41, 5.74) is 0. The number of hydrogen-bond acceptors (Lipinski definition) is 5. The van der Waals surface area contributed by atoms with Crippen LogP contribution in [0.1, 0.15) is 348 Å². The van der Waals surface area contributed by atoms with Crippen molar-refractivity contribution in [3.63, 3.8) is 0 Å². The van der Waals surface area contributed by atoms with Crippen LogP contribution in [0.5, 0.6) is 0 Å². The zero-order chi connectivity index (χ0) is 50.7. The summed E-state index contributed by atoms with van der Waals surface area (Å²) in [5.74, 6) is -0.0676. The quantitative estimate of drug-likeness (QED) is 0.0321. The Bertz CT molecular complexity index is 1090. The van der Waals surface area contributed by atoms with E-state index in [1.54, 1.807) is 6.08 Å². The minimum Gasteiger partial charge on any atom is -0.466 e. The Morgan fingerprint density at radius 2 is 0.671 bits per heavy atom. The molecule has 0 aromatic heterocycles. The van der Waals surface area contributed by atoms with Crippen molar-refractivity contribution in [3.05, 3.63) is 24.3 Å². The first-order chi connectivity index (χ1) is 34.5. The second-order valence-corrected chi connectivity index (χ2v) is 21.7. The van der Waals surface area contributed by atoms with Crippen LogP contribution in [0, 0.1) is 0 Å². The number of aliphatic hydroxyl groups excluding tert-OH is 2. The highest BCUT2D eigenvalue weighted by atomic mass is 16.5. The van der Waals surface area contributed by atoms with Gasteiger partial charge in [-0.25, -0.2) is 0 Å². The van der Waals surface area contributed by atoms with Crippen molar-refractivity contribution in [2.24, 2.45) is 0 Å². The lowest BCUT2D eigenvalue weighted by Crippen LogP contribution is -2.45. The fourth-order valence-corrected chi connectivity index (χ4v) is 9.87. The van der Waals surface area contributed by atoms with E-state index in [2.05, 4.69) is 31.3 Å². The number of esters is 1. The molecule has 6 heteroatoms. The van der Waals surface area contributed by atoms with Crippen LogP contribution in [0.25, 0.3) is 0 Å². The molecule has 6 nitrogen and oxygen atoms in total. The monoisotopic (exact) mass is 986 g/mol. The first kappa shape index (κ1) is 68.3. The molecule has 0 aliphatic rings. The SMILES string of the molecule is CCCCCCCCCCCCCCCCC/C=C/C(O)C(CO)NC(=O)CCCCCCCCC/C=C\CCCCCCCCCCOC(=O)CCCCCCCCCCCCCCCCCCC. The van der Waals surface area contributed by atoms with Crippen molar-refractivity contribution in [2.45, 2.75) is 360 Å². The number of allylic oxidation sites excluding steroid dienone is 3. The molecule has 414 valence electrons. The van der Waals surface area contributed by atoms with Crippen LogP contribution in [0.2, 0.25) is 0 Å². The molecule has 0 bridgehead atoms. The number of hydrogen-bond donors (Lipinski definition) is 3. The van der Waals surface area contributed by atoms with E-state index in [0.29, 0.717) is 19.4 Å². The third kappa shape index (κ3) is 55.7. The molecule has 0 rings (SSSR count). The van der Waals surface area contributed by atoms with Gasteiger partial charge in [0.2, 0.25) is 5.91 Å². The van der Waals surface area contributed by atoms with Crippen molar-refractivity contribution in [3.8, 4) is 0 Å². The normalized spacial score (nSPS) is 12.7. The summed E-state index contributed by atoms with van der Waals surface area (Å²) in [6, 6.07) is -0.635. The van der Waals surface area contributed by atoms with Gasteiger partial charge >= 0.3 is 5.97 Å². The first-order valence-corrected chi connectivity index (χ1v) is 31.6. The van der Waals surface area contributed by atoms with Gasteiger partial charge in [-0.1, -0.05) is 301 Å². The van der Waals surface area contributed by atoms with Gasteiger partial charge in [0, 0.05) is 12.8 Å². The van der Waals surface area contributed by atoms with Crippen LogP contribution in [0.15, 0.2) is 24.3 Å². The topological polar surface area (TPSA) is 95.9 Å². The van der Waals surface area contributed by atoms with Crippen molar-refractivity contribution in [1.29, 1.82) is 0 Å². The van der Waals surface area contributed by atoms with Crippen molar-refractivity contribution in [1.82, 2.24) is 5.32 Å². The van der Waals surface area contributed by atoms with Gasteiger partial charge in [0.25, 0.3) is 0 Å². The summed E-state index contributed by atoms with van der Waals surface area (Å²) in [7, 11) is 0. The average Bonchev–Trinajstić information content (AvgIpc) is 3.36. The Morgan fingerprint density at radius 3 is 1.01 bits per heavy atom. The molecule has 1 amide bonds. The number of carbonyl (C=O) groups is 2. The molecule has 2 atom stereocenters. The van der Waals surface area contributed by atoms with Gasteiger partial charge in [-0.3, -0.25) is 9.59 Å². The van der Waals surface area contributed by atoms with Crippen molar-refractivity contribution in [2.75, 3.05) is 13.2 Å². The molecule has 0 saturated carbocycles. The maximum atomic E-state index is 12.5. The molecular weight excluding hydrogens is 863 g/mol. The largest absolute Gasteiger partial charge is 0.466 e. The van der Waals surface area contributed by atoms with E-state index < -0.39 is 12.1 Å². The highest BCUT2D eigenvalue weighted by Gasteiger charge is 2.18. The van der Waals surface area contributed by atoms with E-state index in [4.69, 9.17) is 4.74 Å². The van der Waals surface area contributed by atoms with E-state index >= 15 is 0 Å². The van der Waals surface area contributed by atoms with Gasteiger partial charge in [-0.15, -0.1) is 0 Å². The van der Waals surface area contributed by atoms with Crippen molar-refractivity contribution >= 4 is 11.9 Å². The second kappa shape index (κ2) is 59.9. The maximum Gasteiger partial charge on any atom is 0.305 e. The van der Waals surface area contributed by atoms with E-state index in [1.165, 1.54) is 276 Å². The lowest BCUT2D eigenvalue weighted by molar-refractivity contribution is -0.143.